The van der Waals surface area contributed by atoms with E-state index in [1.165, 1.54) is 0 Å². The Morgan fingerprint density at radius 1 is 0.679 bits per heavy atom. The zero-order chi connectivity index (χ0) is 21.1. The van der Waals surface area contributed by atoms with Gasteiger partial charge in [0.05, 0.1) is 25.0 Å². The molecule has 1 fully saturated rings. The van der Waals surface area contributed by atoms with Gasteiger partial charge in [-0.05, 0) is 75.0 Å². The lowest BCUT2D eigenvalue weighted by molar-refractivity contribution is -0.155. The molecule has 1 aliphatic rings. The number of hydrogen-bond acceptors (Lipinski definition) is 4. The SMILES string of the molecule is CC(C)C(C)CCCOC(=O)C1CCC(C(=O)OCCCC(C)C(C)C)CC1. The van der Waals surface area contributed by atoms with Gasteiger partial charge >= 0.3 is 11.9 Å². The second-order valence-corrected chi connectivity index (χ2v) is 9.61. The molecule has 1 rings (SSSR count). The number of esters is 2. The van der Waals surface area contributed by atoms with Crippen LogP contribution in [0, 0.1) is 35.5 Å². The third kappa shape index (κ3) is 9.43. The lowest BCUT2D eigenvalue weighted by atomic mass is 9.82. The van der Waals surface area contributed by atoms with Gasteiger partial charge in [-0.1, -0.05) is 41.5 Å². The Labute approximate surface area is 173 Å². The van der Waals surface area contributed by atoms with Crippen LogP contribution in [0.15, 0.2) is 0 Å². The van der Waals surface area contributed by atoms with E-state index in [0.29, 0.717) is 36.9 Å². The van der Waals surface area contributed by atoms with Crippen LogP contribution in [0.1, 0.15) is 92.9 Å². The summed E-state index contributed by atoms with van der Waals surface area (Å²) in [6, 6.07) is 0. The van der Waals surface area contributed by atoms with Crippen LogP contribution < -0.4 is 0 Å². The minimum Gasteiger partial charge on any atom is -0.465 e. The predicted octanol–water partition coefficient (Wildman–Crippen LogP) is 6.02. The fourth-order valence-corrected chi connectivity index (χ4v) is 3.62. The number of carbonyl (C=O) groups excluding carboxylic acids is 2. The summed E-state index contributed by atoms with van der Waals surface area (Å²) in [5.41, 5.74) is 0. The molecule has 0 spiro atoms. The van der Waals surface area contributed by atoms with Gasteiger partial charge in [-0.25, -0.2) is 0 Å². The minimum absolute atomic E-state index is 0.0431. The molecule has 2 atom stereocenters. The maximum Gasteiger partial charge on any atom is 0.308 e. The van der Waals surface area contributed by atoms with Crippen molar-refractivity contribution in [3.8, 4) is 0 Å². The second-order valence-electron chi connectivity index (χ2n) is 9.61. The highest BCUT2D eigenvalue weighted by atomic mass is 16.5. The quantitative estimate of drug-likeness (QED) is 0.299. The van der Waals surface area contributed by atoms with Crippen LogP contribution in [0.2, 0.25) is 0 Å². The lowest BCUT2D eigenvalue weighted by Gasteiger charge is -2.26. The Balaban J connectivity index is 2.16. The van der Waals surface area contributed by atoms with Gasteiger partial charge in [-0.15, -0.1) is 0 Å². The zero-order valence-corrected chi connectivity index (χ0v) is 19.2. The Hall–Kier alpha value is -1.06. The third-order valence-electron chi connectivity index (χ3n) is 6.77. The third-order valence-corrected chi connectivity index (χ3v) is 6.77. The van der Waals surface area contributed by atoms with Gasteiger partial charge in [0.25, 0.3) is 0 Å². The summed E-state index contributed by atoms with van der Waals surface area (Å²) in [6.45, 7) is 14.5. The normalized spacial score (nSPS) is 22.1. The first-order valence-corrected chi connectivity index (χ1v) is 11.6. The number of rotatable bonds is 12. The van der Waals surface area contributed by atoms with Crippen LogP contribution >= 0.6 is 0 Å². The van der Waals surface area contributed by atoms with Crippen molar-refractivity contribution >= 4 is 11.9 Å². The van der Waals surface area contributed by atoms with Gasteiger partial charge in [0.1, 0.15) is 0 Å². The van der Waals surface area contributed by atoms with Crippen molar-refractivity contribution in [2.45, 2.75) is 92.9 Å². The molecule has 0 radical (unpaired) electrons. The summed E-state index contributed by atoms with van der Waals surface area (Å²) in [5, 5.41) is 0. The molecule has 4 heteroatoms. The van der Waals surface area contributed by atoms with Crippen molar-refractivity contribution < 1.29 is 19.1 Å². The fraction of sp³-hybridized carbons (Fsp3) is 0.917. The molecule has 1 aliphatic carbocycles. The molecule has 2 unspecified atom stereocenters. The Bertz CT molecular complexity index is 408. The van der Waals surface area contributed by atoms with Gasteiger partial charge in [-0.2, -0.15) is 0 Å². The van der Waals surface area contributed by atoms with Crippen LogP contribution in [0.5, 0.6) is 0 Å². The second kappa shape index (κ2) is 13.2. The summed E-state index contributed by atoms with van der Waals surface area (Å²) < 4.78 is 10.9. The standard InChI is InChI=1S/C24H44O4/c1-17(2)19(5)9-7-15-27-23(25)21-11-13-22(14-12-21)24(26)28-16-8-10-20(6)18(3)4/h17-22H,7-16H2,1-6H3. The number of hydrogen-bond donors (Lipinski definition) is 0. The Kier molecular flexibility index (Phi) is 11.8. The van der Waals surface area contributed by atoms with Gasteiger partial charge in [0.15, 0.2) is 0 Å². The van der Waals surface area contributed by atoms with E-state index in [0.717, 1.165) is 51.4 Å². The van der Waals surface area contributed by atoms with Gasteiger partial charge in [0.2, 0.25) is 0 Å². The molecule has 0 saturated heterocycles. The van der Waals surface area contributed by atoms with Gasteiger partial charge < -0.3 is 9.47 Å². The van der Waals surface area contributed by atoms with Crippen molar-refractivity contribution in [2.75, 3.05) is 13.2 Å². The van der Waals surface area contributed by atoms with E-state index < -0.39 is 0 Å². The van der Waals surface area contributed by atoms with E-state index in [9.17, 15) is 9.59 Å². The lowest BCUT2D eigenvalue weighted by Crippen LogP contribution is -2.28. The summed E-state index contributed by atoms with van der Waals surface area (Å²) in [4.78, 5) is 24.5. The number of ether oxygens (including phenoxy) is 2. The molecule has 0 heterocycles. The number of carbonyl (C=O) groups is 2. The van der Waals surface area contributed by atoms with Gasteiger partial charge in [-0.3, -0.25) is 9.59 Å². The average Bonchev–Trinajstić information content (AvgIpc) is 2.67. The molecular formula is C24H44O4. The van der Waals surface area contributed by atoms with Crippen LogP contribution in [0.3, 0.4) is 0 Å². The van der Waals surface area contributed by atoms with E-state index in [2.05, 4.69) is 41.5 Å². The van der Waals surface area contributed by atoms with E-state index in [-0.39, 0.29) is 23.8 Å². The van der Waals surface area contributed by atoms with E-state index >= 15 is 0 Å². The van der Waals surface area contributed by atoms with E-state index in [1.54, 1.807) is 0 Å². The predicted molar refractivity (Wildman–Crippen MR) is 114 cm³/mol. The van der Waals surface area contributed by atoms with Crippen molar-refractivity contribution in [1.82, 2.24) is 0 Å². The molecule has 28 heavy (non-hydrogen) atoms. The maximum atomic E-state index is 12.2. The molecular weight excluding hydrogens is 352 g/mol. The summed E-state index contributed by atoms with van der Waals surface area (Å²) in [7, 11) is 0. The fourth-order valence-electron chi connectivity index (χ4n) is 3.62. The highest BCUT2D eigenvalue weighted by Gasteiger charge is 2.31. The molecule has 0 amide bonds. The zero-order valence-electron chi connectivity index (χ0n) is 19.2. The van der Waals surface area contributed by atoms with Crippen molar-refractivity contribution in [2.24, 2.45) is 35.5 Å². The van der Waals surface area contributed by atoms with Crippen molar-refractivity contribution in [1.29, 1.82) is 0 Å². The van der Waals surface area contributed by atoms with E-state index in [4.69, 9.17) is 9.47 Å². The summed E-state index contributed by atoms with van der Waals surface area (Å²) in [6.07, 6.45) is 7.02. The van der Waals surface area contributed by atoms with Crippen LogP contribution in [-0.4, -0.2) is 25.2 Å². The molecule has 0 aromatic rings. The Morgan fingerprint density at radius 3 is 1.29 bits per heavy atom. The Morgan fingerprint density at radius 2 is 1.00 bits per heavy atom. The first kappa shape index (κ1) is 25.0. The molecule has 164 valence electrons. The van der Waals surface area contributed by atoms with Gasteiger partial charge in [0, 0.05) is 0 Å². The minimum atomic E-state index is -0.0771. The smallest absolute Gasteiger partial charge is 0.308 e. The summed E-state index contributed by atoms with van der Waals surface area (Å²) >= 11 is 0. The molecule has 0 aromatic heterocycles. The maximum absolute atomic E-state index is 12.2. The average molecular weight is 397 g/mol. The first-order valence-electron chi connectivity index (χ1n) is 11.6. The molecule has 0 aromatic carbocycles. The molecule has 0 N–H and O–H groups in total. The van der Waals surface area contributed by atoms with Crippen LogP contribution in [0.4, 0.5) is 0 Å². The molecule has 0 aliphatic heterocycles. The molecule has 4 nitrogen and oxygen atoms in total. The highest BCUT2D eigenvalue weighted by molar-refractivity contribution is 5.75. The monoisotopic (exact) mass is 396 g/mol. The van der Waals surface area contributed by atoms with Crippen LogP contribution in [-0.2, 0) is 19.1 Å². The first-order chi connectivity index (χ1) is 13.2. The summed E-state index contributed by atoms with van der Waals surface area (Å²) in [5.74, 6) is 2.42. The largest absolute Gasteiger partial charge is 0.465 e. The van der Waals surface area contributed by atoms with Crippen LogP contribution in [0.25, 0.3) is 0 Å². The van der Waals surface area contributed by atoms with Crippen molar-refractivity contribution in [3.63, 3.8) is 0 Å². The molecule has 1 saturated carbocycles. The highest BCUT2D eigenvalue weighted by Crippen LogP contribution is 2.30. The van der Waals surface area contributed by atoms with E-state index in [1.807, 2.05) is 0 Å². The van der Waals surface area contributed by atoms with Crippen molar-refractivity contribution in [3.05, 3.63) is 0 Å². The topological polar surface area (TPSA) is 52.6 Å². The molecule has 0 bridgehead atoms.